The highest BCUT2D eigenvalue weighted by molar-refractivity contribution is 7.99. The molecule has 7 nitrogen and oxygen atoms in total. The summed E-state index contributed by atoms with van der Waals surface area (Å²) in [6, 6.07) is 0. The Morgan fingerprint density at radius 2 is 1.04 bits per heavy atom. The summed E-state index contributed by atoms with van der Waals surface area (Å²) >= 11 is 1.80. The molecule has 0 aliphatic rings. The maximum Gasteiger partial charge on any atom is 0.305 e. The molecule has 0 bridgehead atoms. The normalized spacial score (nSPS) is 13.5. The van der Waals surface area contributed by atoms with Gasteiger partial charge in [0.25, 0.3) is 0 Å². The third-order valence-electron chi connectivity index (χ3n) is 11.8. The standard InChI is InChI=1S/C49H100N2O5S/c1-6-11-15-19-21-26-31-46(30-24-17-13-8-3)43-55-40-41-57-45-48(53)42-51(37-36-50(10-5)38-39-52)35-29-23-28-34-49(54)56-44-47(32-25-18-14-9-4)33-27-22-20-16-12-7-2/h46-48,52-53H,6-45H2,1-5H3. The molecule has 8 heteroatoms. The molecule has 0 aromatic rings. The Kier molecular flexibility index (Phi) is 44.9. The Balaban J connectivity index is 4.65. The summed E-state index contributed by atoms with van der Waals surface area (Å²) in [4.78, 5) is 17.4. The van der Waals surface area contributed by atoms with Crippen LogP contribution in [0.15, 0.2) is 0 Å². The van der Waals surface area contributed by atoms with Crippen molar-refractivity contribution < 1.29 is 24.5 Å². The van der Waals surface area contributed by atoms with E-state index in [1.165, 1.54) is 154 Å². The van der Waals surface area contributed by atoms with E-state index in [9.17, 15) is 15.0 Å². The van der Waals surface area contributed by atoms with Gasteiger partial charge in [-0.2, -0.15) is 11.8 Å². The van der Waals surface area contributed by atoms with Crippen LogP contribution in [0.3, 0.4) is 0 Å². The molecule has 0 aromatic carbocycles. The van der Waals surface area contributed by atoms with Gasteiger partial charge < -0.3 is 24.6 Å². The molecule has 57 heavy (non-hydrogen) atoms. The molecule has 0 aliphatic carbocycles. The minimum atomic E-state index is -0.386. The van der Waals surface area contributed by atoms with Gasteiger partial charge in [-0.05, 0) is 63.5 Å². The minimum Gasteiger partial charge on any atom is -0.465 e. The molecule has 3 unspecified atom stereocenters. The van der Waals surface area contributed by atoms with Crippen molar-refractivity contribution in [3.63, 3.8) is 0 Å². The highest BCUT2D eigenvalue weighted by atomic mass is 32.2. The predicted octanol–water partition coefficient (Wildman–Crippen LogP) is 12.5. The number of carbonyl (C=O) groups excluding carboxylic acids is 1. The van der Waals surface area contributed by atoms with Gasteiger partial charge in [-0.1, -0.05) is 169 Å². The van der Waals surface area contributed by atoms with Gasteiger partial charge in [0.2, 0.25) is 0 Å². The number of esters is 1. The Labute approximate surface area is 360 Å². The summed E-state index contributed by atoms with van der Waals surface area (Å²) in [6.45, 7) is 18.6. The van der Waals surface area contributed by atoms with E-state index in [1.807, 2.05) is 0 Å². The van der Waals surface area contributed by atoms with Gasteiger partial charge in [-0.3, -0.25) is 9.69 Å². The summed E-state index contributed by atoms with van der Waals surface area (Å²) in [7, 11) is 0. The first-order valence-corrected chi connectivity index (χ1v) is 26.1. The summed E-state index contributed by atoms with van der Waals surface area (Å²) in [5.74, 6) is 2.80. The van der Waals surface area contributed by atoms with Gasteiger partial charge in [0, 0.05) is 50.7 Å². The highest BCUT2D eigenvalue weighted by Gasteiger charge is 2.16. The van der Waals surface area contributed by atoms with E-state index in [4.69, 9.17) is 9.47 Å². The maximum absolute atomic E-state index is 12.7. The van der Waals surface area contributed by atoms with Gasteiger partial charge in [0.1, 0.15) is 0 Å². The lowest BCUT2D eigenvalue weighted by atomic mass is 9.95. The fourth-order valence-electron chi connectivity index (χ4n) is 7.92. The van der Waals surface area contributed by atoms with Gasteiger partial charge in [-0.25, -0.2) is 0 Å². The van der Waals surface area contributed by atoms with E-state index in [2.05, 4.69) is 44.4 Å². The molecule has 0 amide bonds. The zero-order chi connectivity index (χ0) is 41.9. The number of aliphatic hydroxyl groups is 2. The van der Waals surface area contributed by atoms with Crippen LogP contribution in [0.5, 0.6) is 0 Å². The van der Waals surface area contributed by atoms with Crippen molar-refractivity contribution >= 4 is 17.7 Å². The van der Waals surface area contributed by atoms with E-state index in [-0.39, 0.29) is 18.7 Å². The molecule has 0 aliphatic heterocycles. The fourth-order valence-corrected chi connectivity index (χ4v) is 8.70. The topological polar surface area (TPSA) is 82.5 Å². The fraction of sp³-hybridized carbons (Fsp3) is 0.980. The second-order valence-corrected chi connectivity index (χ2v) is 18.4. The number of unbranched alkanes of at least 4 members (excludes halogenated alkanes) is 18. The zero-order valence-corrected chi connectivity index (χ0v) is 39.8. The van der Waals surface area contributed by atoms with Crippen LogP contribution in [-0.4, -0.2) is 109 Å². The summed E-state index contributed by atoms with van der Waals surface area (Å²) in [6.07, 6.45) is 34.3. The van der Waals surface area contributed by atoms with E-state index < -0.39 is 0 Å². The Morgan fingerprint density at radius 3 is 1.56 bits per heavy atom. The first kappa shape index (κ1) is 56.6. The number of rotatable bonds is 47. The molecule has 0 fully saturated rings. The molecule has 0 saturated carbocycles. The van der Waals surface area contributed by atoms with Crippen LogP contribution < -0.4 is 0 Å². The van der Waals surface area contributed by atoms with Crippen molar-refractivity contribution in [3.05, 3.63) is 0 Å². The average Bonchev–Trinajstić information content (AvgIpc) is 3.21. The molecule has 0 aromatic heterocycles. The van der Waals surface area contributed by atoms with E-state index >= 15 is 0 Å². The van der Waals surface area contributed by atoms with Gasteiger partial charge in [0.15, 0.2) is 0 Å². The molecule has 3 atom stereocenters. The Bertz CT molecular complexity index is 808. The number of hydrogen-bond acceptors (Lipinski definition) is 8. The van der Waals surface area contributed by atoms with Crippen molar-refractivity contribution in [2.24, 2.45) is 11.8 Å². The molecule has 0 saturated heterocycles. The third kappa shape index (κ3) is 39.5. The molecular weight excluding hydrogens is 729 g/mol. The van der Waals surface area contributed by atoms with Crippen molar-refractivity contribution in [1.82, 2.24) is 9.80 Å². The largest absolute Gasteiger partial charge is 0.465 e. The van der Waals surface area contributed by atoms with Crippen LogP contribution in [0.1, 0.15) is 214 Å². The second-order valence-electron chi connectivity index (χ2n) is 17.3. The number of thioether (sulfide) groups is 1. The van der Waals surface area contributed by atoms with Gasteiger partial charge in [-0.15, -0.1) is 0 Å². The van der Waals surface area contributed by atoms with E-state index in [1.54, 1.807) is 11.8 Å². The van der Waals surface area contributed by atoms with Crippen LogP contribution in [0.25, 0.3) is 0 Å². The van der Waals surface area contributed by atoms with Crippen LogP contribution in [-0.2, 0) is 14.3 Å². The number of likely N-dealkylation sites (N-methyl/N-ethyl adjacent to an activating group) is 1. The second kappa shape index (κ2) is 45.2. The zero-order valence-electron chi connectivity index (χ0n) is 38.9. The predicted molar refractivity (Wildman–Crippen MR) is 250 cm³/mol. The third-order valence-corrected chi connectivity index (χ3v) is 12.9. The van der Waals surface area contributed by atoms with Crippen LogP contribution in [0, 0.1) is 11.8 Å². The van der Waals surface area contributed by atoms with Crippen molar-refractivity contribution in [1.29, 1.82) is 0 Å². The van der Waals surface area contributed by atoms with Crippen LogP contribution in [0.4, 0.5) is 0 Å². The first-order valence-electron chi connectivity index (χ1n) is 25.0. The molecule has 0 rings (SSSR count). The minimum absolute atomic E-state index is 0.0346. The molecule has 0 spiro atoms. The SMILES string of the molecule is CCCCCCCCC(CCCCCC)COCCSCC(O)CN(CCCCCC(=O)OCC(CCCCCC)CCCCCCCC)CCN(CC)CCO. The monoisotopic (exact) mass is 829 g/mol. The number of ether oxygens (including phenoxy) is 2. The lowest BCUT2D eigenvalue weighted by Crippen LogP contribution is -2.41. The maximum atomic E-state index is 12.7. The van der Waals surface area contributed by atoms with E-state index in [0.29, 0.717) is 38.0 Å². The summed E-state index contributed by atoms with van der Waals surface area (Å²) in [5.41, 5.74) is 0. The Morgan fingerprint density at radius 1 is 0.561 bits per heavy atom. The van der Waals surface area contributed by atoms with Crippen molar-refractivity contribution in [2.75, 3.05) is 77.2 Å². The summed E-state index contributed by atoms with van der Waals surface area (Å²) < 4.78 is 12.1. The quantitative estimate of drug-likeness (QED) is 0.0464. The lowest BCUT2D eigenvalue weighted by Gasteiger charge is -2.28. The molecule has 0 radical (unpaired) electrons. The van der Waals surface area contributed by atoms with Crippen LogP contribution >= 0.6 is 11.8 Å². The molecule has 0 heterocycles. The number of hydrogen-bond donors (Lipinski definition) is 2. The molecular formula is C49H100N2O5S. The van der Waals surface area contributed by atoms with Crippen molar-refractivity contribution in [3.8, 4) is 0 Å². The number of aliphatic hydroxyl groups excluding tert-OH is 2. The van der Waals surface area contributed by atoms with Gasteiger partial charge >= 0.3 is 5.97 Å². The molecule has 342 valence electrons. The smallest absolute Gasteiger partial charge is 0.305 e. The van der Waals surface area contributed by atoms with Gasteiger partial charge in [0.05, 0.1) is 25.9 Å². The first-order chi connectivity index (χ1) is 27.9. The average molecular weight is 829 g/mol. The highest BCUT2D eigenvalue weighted by Crippen LogP contribution is 2.21. The lowest BCUT2D eigenvalue weighted by molar-refractivity contribution is -0.145. The Hall–Kier alpha value is -0.380. The number of carbonyl (C=O) groups is 1. The van der Waals surface area contributed by atoms with Crippen LogP contribution in [0.2, 0.25) is 0 Å². The number of nitrogens with zero attached hydrogens (tertiary/aromatic N) is 2. The van der Waals surface area contributed by atoms with Crippen molar-refractivity contribution in [2.45, 2.75) is 221 Å². The molecule has 2 N–H and O–H groups in total. The summed E-state index contributed by atoms with van der Waals surface area (Å²) in [5, 5.41) is 20.5. The van der Waals surface area contributed by atoms with E-state index in [0.717, 1.165) is 70.2 Å².